The molecule has 2 fully saturated rings. The average molecular weight is 251 g/mol. The van der Waals surface area contributed by atoms with E-state index >= 15 is 0 Å². The van der Waals surface area contributed by atoms with Crippen molar-refractivity contribution in [1.29, 1.82) is 5.26 Å². The van der Waals surface area contributed by atoms with Crippen molar-refractivity contribution in [3.8, 4) is 6.07 Å². The third-order valence-electron chi connectivity index (χ3n) is 4.63. The third-order valence-corrected chi connectivity index (χ3v) is 4.63. The summed E-state index contributed by atoms with van der Waals surface area (Å²) in [6, 6.07) is 3.53. The van der Waals surface area contributed by atoms with Crippen molar-refractivity contribution in [2.45, 2.75) is 63.3 Å². The first kappa shape index (κ1) is 13.8. The van der Waals surface area contributed by atoms with E-state index in [0.29, 0.717) is 18.2 Å². The first-order chi connectivity index (χ1) is 8.64. The van der Waals surface area contributed by atoms with E-state index in [9.17, 15) is 5.26 Å². The van der Waals surface area contributed by atoms with E-state index in [1.807, 2.05) is 7.05 Å². The summed E-state index contributed by atoms with van der Waals surface area (Å²) < 4.78 is 5.75. The number of nitrogens with zero attached hydrogens (tertiary/aromatic N) is 2. The van der Waals surface area contributed by atoms with Gasteiger partial charge < -0.3 is 10.1 Å². The van der Waals surface area contributed by atoms with E-state index in [-0.39, 0.29) is 5.54 Å². The highest BCUT2D eigenvalue weighted by Crippen LogP contribution is 2.34. The van der Waals surface area contributed by atoms with Gasteiger partial charge >= 0.3 is 0 Å². The summed E-state index contributed by atoms with van der Waals surface area (Å²) in [5, 5.41) is 12.6. The zero-order valence-electron chi connectivity index (χ0n) is 11.8. The third kappa shape index (κ3) is 2.54. The van der Waals surface area contributed by atoms with E-state index in [1.54, 1.807) is 0 Å². The van der Waals surface area contributed by atoms with Gasteiger partial charge in [-0.1, -0.05) is 6.92 Å². The van der Waals surface area contributed by atoms with Crippen molar-refractivity contribution in [1.82, 2.24) is 10.2 Å². The average Bonchev–Trinajstić information content (AvgIpc) is 2.83. The van der Waals surface area contributed by atoms with Crippen LogP contribution in [-0.2, 0) is 4.74 Å². The summed E-state index contributed by atoms with van der Waals surface area (Å²) in [6.45, 7) is 6.21. The predicted molar refractivity (Wildman–Crippen MR) is 71.2 cm³/mol. The van der Waals surface area contributed by atoms with Crippen LogP contribution in [0, 0.1) is 11.3 Å². The van der Waals surface area contributed by atoms with E-state index in [4.69, 9.17) is 4.74 Å². The second kappa shape index (κ2) is 5.56. The van der Waals surface area contributed by atoms with Crippen LogP contribution in [0.5, 0.6) is 0 Å². The lowest BCUT2D eigenvalue weighted by Gasteiger charge is -2.42. The molecule has 0 bridgehead atoms. The minimum Gasteiger partial charge on any atom is -0.376 e. The minimum atomic E-state index is -0.301. The lowest BCUT2D eigenvalue weighted by molar-refractivity contribution is -0.0720. The molecule has 1 saturated heterocycles. The van der Waals surface area contributed by atoms with Crippen molar-refractivity contribution in [2.75, 3.05) is 20.2 Å². The van der Waals surface area contributed by atoms with Crippen LogP contribution in [0.2, 0.25) is 0 Å². The largest absolute Gasteiger partial charge is 0.376 e. The fraction of sp³-hybridized carbons (Fsp3) is 0.929. The molecule has 1 saturated carbocycles. The maximum atomic E-state index is 9.35. The molecular formula is C14H25N3O. The molecule has 2 rings (SSSR count). The maximum Gasteiger partial charge on any atom is 0.108 e. The number of hydrogen-bond donors (Lipinski definition) is 1. The summed E-state index contributed by atoms with van der Waals surface area (Å²) in [4.78, 5) is 2.59. The van der Waals surface area contributed by atoms with Crippen LogP contribution in [-0.4, -0.2) is 48.8 Å². The van der Waals surface area contributed by atoms with Crippen molar-refractivity contribution < 1.29 is 4.74 Å². The summed E-state index contributed by atoms with van der Waals surface area (Å²) >= 11 is 0. The molecule has 4 atom stereocenters. The summed E-state index contributed by atoms with van der Waals surface area (Å²) in [7, 11) is 1.91. The Morgan fingerprint density at radius 1 is 1.56 bits per heavy atom. The van der Waals surface area contributed by atoms with Crippen LogP contribution < -0.4 is 5.32 Å². The highest BCUT2D eigenvalue weighted by Gasteiger charge is 2.43. The lowest BCUT2D eigenvalue weighted by Crippen LogP contribution is -2.53. The van der Waals surface area contributed by atoms with Gasteiger partial charge in [0, 0.05) is 18.6 Å². The van der Waals surface area contributed by atoms with Crippen molar-refractivity contribution >= 4 is 0 Å². The molecule has 4 unspecified atom stereocenters. The van der Waals surface area contributed by atoms with Crippen molar-refractivity contribution in [3.63, 3.8) is 0 Å². The first-order valence-electron chi connectivity index (χ1n) is 7.11. The standard InChI is InChI=1S/C14H25N3O/c1-4-12-9-18-11(2)8-17(12)13-5-6-14(7-13,10-15)16-3/h11-13,16H,4-9H2,1-3H3. The molecule has 1 N–H and O–H groups in total. The van der Waals surface area contributed by atoms with Gasteiger partial charge in [0.2, 0.25) is 0 Å². The molecule has 4 heteroatoms. The fourth-order valence-electron chi connectivity index (χ4n) is 3.36. The quantitative estimate of drug-likeness (QED) is 0.826. The van der Waals surface area contributed by atoms with E-state index in [2.05, 4.69) is 30.1 Å². The molecule has 1 aliphatic carbocycles. The Kier molecular flexibility index (Phi) is 4.26. The van der Waals surface area contributed by atoms with E-state index in [1.165, 1.54) is 0 Å². The van der Waals surface area contributed by atoms with Gasteiger partial charge in [-0.15, -0.1) is 0 Å². The number of nitrogens with one attached hydrogen (secondary N) is 1. The molecule has 1 heterocycles. The smallest absolute Gasteiger partial charge is 0.108 e. The highest BCUT2D eigenvalue weighted by molar-refractivity contribution is 5.13. The Morgan fingerprint density at radius 2 is 2.33 bits per heavy atom. The topological polar surface area (TPSA) is 48.3 Å². The zero-order valence-corrected chi connectivity index (χ0v) is 11.8. The van der Waals surface area contributed by atoms with Crippen LogP contribution in [0.4, 0.5) is 0 Å². The molecule has 0 aromatic heterocycles. The maximum absolute atomic E-state index is 9.35. The molecule has 0 aromatic rings. The Hall–Kier alpha value is -0.630. The Labute approximate surface area is 110 Å². The molecule has 0 aromatic carbocycles. The second-order valence-electron chi connectivity index (χ2n) is 5.74. The van der Waals surface area contributed by atoms with Gasteiger partial charge in [-0.05, 0) is 39.7 Å². The summed E-state index contributed by atoms with van der Waals surface area (Å²) in [6.07, 6.45) is 4.48. The van der Waals surface area contributed by atoms with Gasteiger partial charge in [0.1, 0.15) is 5.54 Å². The minimum absolute atomic E-state index is 0.301. The second-order valence-corrected chi connectivity index (χ2v) is 5.74. The van der Waals surface area contributed by atoms with Gasteiger partial charge in [0.05, 0.1) is 18.8 Å². The van der Waals surface area contributed by atoms with Crippen LogP contribution in [0.3, 0.4) is 0 Å². The van der Waals surface area contributed by atoms with Gasteiger partial charge in [0.15, 0.2) is 0 Å². The molecule has 18 heavy (non-hydrogen) atoms. The molecular weight excluding hydrogens is 226 g/mol. The van der Waals surface area contributed by atoms with Crippen molar-refractivity contribution in [3.05, 3.63) is 0 Å². The van der Waals surface area contributed by atoms with Gasteiger partial charge in [-0.3, -0.25) is 4.90 Å². The Morgan fingerprint density at radius 3 is 2.89 bits per heavy atom. The number of morpholine rings is 1. The summed E-state index contributed by atoms with van der Waals surface area (Å²) in [5.74, 6) is 0. The first-order valence-corrected chi connectivity index (χ1v) is 7.11. The summed E-state index contributed by atoms with van der Waals surface area (Å²) in [5.41, 5.74) is -0.301. The molecule has 1 aliphatic heterocycles. The SMILES string of the molecule is CCC1COC(C)CN1C1CCC(C#N)(NC)C1. The normalized spacial score (nSPS) is 41.8. The molecule has 0 radical (unpaired) electrons. The van der Waals surface area contributed by atoms with E-state index < -0.39 is 0 Å². The number of hydrogen-bond acceptors (Lipinski definition) is 4. The predicted octanol–water partition coefficient (Wildman–Crippen LogP) is 1.52. The Bertz CT molecular complexity index is 327. The van der Waals surface area contributed by atoms with E-state index in [0.717, 1.165) is 38.8 Å². The van der Waals surface area contributed by atoms with Crippen molar-refractivity contribution in [2.24, 2.45) is 0 Å². The number of rotatable bonds is 3. The van der Waals surface area contributed by atoms with Crippen LogP contribution in [0.15, 0.2) is 0 Å². The molecule has 4 nitrogen and oxygen atoms in total. The monoisotopic (exact) mass is 251 g/mol. The molecule has 2 aliphatic rings. The zero-order chi connectivity index (χ0) is 13.2. The molecule has 0 amide bonds. The van der Waals surface area contributed by atoms with Gasteiger partial charge in [-0.25, -0.2) is 0 Å². The molecule has 0 spiro atoms. The van der Waals surface area contributed by atoms with Gasteiger partial charge in [0.25, 0.3) is 0 Å². The molecule has 102 valence electrons. The van der Waals surface area contributed by atoms with Crippen LogP contribution in [0.1, 0.15) is 39.5 Å². The number of ether oxygens (including phenoxy) is 1. The van der Waals surface area contributed by atoms with Gasteiger partial charge in [-0.2, -0.15) is 5.26 Å². The number of nitriles is 1. The highest BCUT2D eigenvalue weighted by atomic mass is 16.5. The van der Waals surface area contributed by atoms with Crippen LogP contribution >= 0.6 is 0 Å². The van der Waals surface area contributed by atoms with Crippen LogP contribution in [0.25, 0.3) is 0 Å². The fourth-order valence-corrected chi connectivity index (χ4v) is 3.36. The lowest BCUT2D eigenvalue weighted by atomic mass is 9.99. The Balaban J connectivity index is 2.05.